The lowest BCUT2D eigenvalue weighted by Crippen LogP contribution is -2.34. The molecule has 0 radical (unpaired) electrons. The summed E-state index contributed by atoms with van der Waals surface area (Å²) in [5.41, 5.74) is 10.5. The topological polar surface area (TPSA) is 127 Å². The van der Waals surface area contributed by atoms with Crippen LogP contribution in [-0.4, -0.2) is 25.0 Å². The number of hydrogen-bond acceptors (Lipinski definition) is 6. The van der Waals surface area contributed by atoms with Crippen LogP contribution in [0, 0.1) is 5.53 Å². The van der Waals surface area contributed by atoms with Crippen LogP contribution < -0.4 is 20.7 Å². The number of carbonyl (C=O) groups excluding carboxylic acids is 2. The van der Waals surface area contributed by atoms with Gasteiger partial charge in [-0.1, -0.05) is 60.7 Å². The number of nitrogens with zero attached hydrogens (tertiary/aromatic N) is 1. The lowest BCUT2D eigenvalue weighted by Gasteiger charge is -2.19. The Morgan fingerprint density at radius 1 is 0.818 bits per heavy atom. The van der Waals surface area contributed by atoms with Crippen molar-refractivity contribution in [2.24, 2.45) is 11.0 Å². The van der Waals surface area contributed by atoms with Crippen LogP contribution in [0.4, 0.5) is 0 Å². The fraction of sp³-hybridized carbons (Fsp3) is 0.120. The van der Waals surface area contributed by atoms with Crippen LogP contribution >= 0.6 is 0 Å². The van der Waals surface area contributed by atoms with Gasteiger partial charge in [-0.15, -0.1) is 5.11 Å². The predicted octanol–water partition coefficient (Wildman–Crippen LogP) is 4.36. The van der Waals surface area contributed by atoms with Crippen LogP contribution in [0.25, 0.3) is 32.7 Å². The first-order valence-corrected chi connectivity index (χ1v) is 10.3. The Kier molecular flexibility index (Phi) is 6.56. The van der Waals surface area contributed by atoms with Gasteiger partial charge in [0.2, 0.25) is 0 Å². The molecule has 2 amide bonds. The monoisotopic (exact) mass is 442 g/mol. The van der Waals surface area contributed by atoms with Crippen molar-refractivity contribution in [1.29, 1.82) is 5.53 Å². The molecule has 166 valence electrons. The summed E-state index contributed by atoms with van der Waals surface area (Å²) in [6, 6.07) is 23.3. The van der Waals surface area contributed by atoms with Crippen LogP contribution in [0.2, 0.25) is 0 Å². The SMILES string of the molecule is N=NC(=O)CCOc1ccc2ccccc2c1-c1c(OCC(=O)NN)ccc2ccccc12. The van der Waals surface area contributed by atoms with E-state index in [4.69, 9.17) is 20.8 Å². The standard InChI is InChI=1S/C25H22N4O4/c26-28-22(30)13-14-32-20-11-9-16-5-1-3-7-18(16)24(20)25-19-8-4-2-6-17(19)10-12-21(25)33-15-23(31)29-27/h1-12,26H,13-15,27H2,(H,29,31). The van der Waals surface area contributed by atoms with E-state index in [1.807, 2.05) is 72.8 Å². The Labute approximate surface area is 189 Å². The second kappa shape index (κ2) is 9.88. The number of hydrazine groups is 1. The molecule has 8 nitrogen and oxygen atoms in total. The molecule has 0 aliphatic rings. The maximum Gasteiger partial charge on any atom is 0.271 e. The number of hydrogen-bond donors (Lipinski definition) is 3. The molecule has 0 heterocycles. The normalized spacial score (nSPS) is 10.7. The third-order valence-corrected chi connectivity index (χ3v) is 5.25. The molecule has 8 heteroatoms. The second-order valence-electron chi connectivity index (χ2n) is 7.28. The molecule has 0 spiro atoms. The van der Waals surface area contributed by atoms with Crippen LogP contribution in [0.1, 0.15) is 6.42 Å². The molecular formula is C25H22N4O4. The van der Waals surface area contributed by atoms with Gasteiger partial charge in [0.15, 0.2) is 6.61 Å². The van der Waals surface area contributed by atoms with Gasteiger partial charge >= 0.3 is 0 Å². The molecule has 0 atom stereocenters. The lowest BCUT2D eigenvalue weighted by molar-refractivity contribution is -0.123. The van der Waals surface area contributed by atoms with E-state index in [1.54, 1.807) is 0 Å². The van der Waals surface area contributed by atoms with Crippen LogP contribution in [0.5, 0.6) is 11.5 Å². The van der Waals surface area contributed by atoms with E-state index >= 15 is 0 Å². The number of nitrogens with one attached hydrogen (secondary N) is 2. The first-order chi connectivity index (χ1) is 16.1. The molecule has 4 N–H and O–H groups in total. The minimum Gasteiger partial charge on any atom is -0.492 e. The Morgan fingerprint density at radius 2 is 1.36 bits per heavy atom. The summed E-state index contributed by atoms with van der Waals surface area (Å²) in [6.07, 6.45) is -0.00860. The third kappa shape index (κ3) is 4.65. The molecular weight excluding hydrogens is 420 g/mol. The smallest absolute Gasteiger partial charge is 0.271 e. The Bertz CT molecular complexity index is 1350. The quantitative estimate of drug-likeness (QED) is 0.162. The van der Waals surface area contributed by atoms with Crippen molar-refractivity contribution in [2.45, 2.75) is 6.42 Å². The average molecular weight is 442 g/mol. The maximum absolute atomic E-state index is 11.8. The first-order valence-electron chi connectivity index (χ1n) is 10.3. The largest absolute Gasteiger partial charge is 0.492 e. The fourth-order valence-corrected chi connectivity index (χ4v) is 3.75. The number of nitrogens with two attached hydrogens (primary N) is 1. The van der Waals surface area contributed by atoms with E-state index in [9.17, 15) is 9.59 Å². The van der Waals surface area contributed by atoms with Crippen molar-refractivity contribution in [3.63, 3.8) is 0 Å². The Balaban J connectivity index is 1.93. The van der Waals surface area contributed by atoms with Gasteiger partial charge in [-0.3, -0.25) is 15.0 Å². The number of rotatable bonds is 8. The van der Waals surface area contributed by atoms with Crippen molar-refractivity contribution in [3.05, 3.63) is 72.8 Å². The fourth-order valence-electron chi connectivity index (χ4n) is 3.75. The van der Waals surface area contributed by atoms with Gasteiger partial charge in [-0.05, 0) is 33.7 Å². The summed E-state index contributed by atoms with van der Waals surface area (Å²) in [4.78, 5) is 23.2. The molecule has 0 saturated heterocycles. The lowest BCUT2D eigenvalue weighted by atomic mass is 9.92. The highest BCUT2D eigenvalue weighted by Gasteiger charge is 2.19. The van der Waals surface area contributed by atoms with Gasteiger partial charge < -0.3 is 9.47 Å². The van der Waals surface area contributed by atoms with Crippen molar-refractivity contribution in [3.8, 4) is 22.6 Å². The minimum absolute atomic E-state index is 0.00860. The summed E-state index contributed by atoms with van der Waals surface area (Å²) in [5.74, 6) is 5.25. The van der Waals surface area contributed by atoms with Crippen LogP contribution in [-0.2, 0) is 9.59 Å². The van der Waals surface area contributed by atoms with E-state index in [0.29, 0.717) is 11.5 Å². The van der Waals surface area contributed by atoms with Crippen LogP contribution in [0.15, 0.2) is 77.9 Å². The predicted molar refractivity (Wildman–Crippen MR) is 125 cm³/mol. The number of ether oxygens (including phenoxy) is 2. The van der Waals surface area contributed by atoms with Gasteiger partial charge in [-0.2, -0.15) is 0 Å². The number of fused-ring (bicyclic) bond motifs is 2. The molecule has 0 unspecified atom stereocenters. The molecule has 33 heavy (non-hydrogen) atoms. The van der Waals surface area contributed by atoms with Gasteiger partial charge in [0.25, 0.3) is 11.8 Å². The van der Waals surface area contributed by atoms with E-state index in [-0.39, 0.29) is 19.6 Å². The van der Waals surface area contributed by atoms with E-state index in [0.717, 1.165) is 32.7 Å². The van der Waals surface area contributed by atoms with Gasteiger partial charge in [-0.25, -0.2) is 11.4 Å². The molecule has 0 fully saturated rings. The highest BCUT2D eigenvalue weighted by atomic mass is 16.5. The van der Waals surface area contributed by atoms with Crippen molar-refractivity contribution < 1.29 is 19.1 Å². The summed E-state index contributed by atoms with van der Waals surface area (Å²) in [7, 11) is 0. The van der Waals surface area contributed by atoms with E-state index < -0.39 is 11.8 Å². The molecule has 0 aromatic heterocycles. The van der Waals surface area contributed by atoms with E-state index in [1.165, 1.54) is 0 Å². The zero-order chi connectivity index (χ0) is 23.2. The molecule has 4 aromatic rings. The molecule has 0 saturated carbocycles. The molecule has 0 aliphatic heterocycles. The Morgan fingerprint density at radius 3 is 1.91 bits per heavy atom. The number of amides is 2. The number of benzene rings is 4. The first kappa shape index (κ1) is 21.9. The Hall–Kier alpha value is -4.30. The molecule has 4 aromatic carbocycles. The van der Waals surface area contributed by atoms with Gasteiger partial charge in [0, 0.05) is 11.1 Å². The molecule has 0 bridgehead atoms. The van der Waals surface area contributed by atoms with Crippen LogP contribution in [0.3, 0.4) is 0 Å². The number of carbonyl (C=O) groups is 2. The summed E-state index contributed by atoms with van der Waals surface area (Å²) >= 11 is 0. The summed E-state index contributed by atoms with van der Waals surface area (Å²) < 4.78 is 11.9. The zero-order valence-corrected chi connectivity index (χ0v) is 17.7. The zero-order valence-electron chi connectivity index (χ0n) is 17.7. The van der Waals surface area contributed by atoms with Crippen molar-refractivity contribution in [2.75, 3.05) is 13.2 Å². The average Bonchev–Trinajstić information content (AvgIpc) is 2.86. The molecule has 0 aliphatic carbocycles. The summed E-state index contributed by atoms with van der Waals surface area (Å²) in [6.45, 7) is -0.175. The summed E-state index contributed by atoms with van der Waals surface area (Å²) in [5, 5.41) is 6.75. The van der Waals surface area contributed by atoms with Crippen molar-refractivity contribution >= 4 is 33.4 Å². The maximum atomic E-state index is 11.8. The third-order valence-electron chi connectivity index (χ3n) is 5.25. The highest BCUT2D eigenvalue weighted by Crippen LogP contribution is 2.45. The highest BCUT2D eigenvalue weighted by molar-refractivity contribution is 6.09. The minimum atomic E-state index is -0.556. The van der Waals surface area contributed by atoms with E-state index in [2.05, 4.69) is 10.5 Å². The van der Waals surface area contributed by atoms with Gasteiger partial charge in [0.05, 0.1) is 13.0 Å². The second-order valence-corrected chi connectivity index (χ2v) is 7.28. The van der Waals surface area contributed by atoms with Gasteiger partial charge in [0.1, 0.15) is 11.5 Å². The van der Waals surface area contributed by atoms with Crippen molar-refractivity contribution in [1.82, 2.24) is 5.43 Å². The molecule has 4 rings (SSSR count).